The minimum Gasteiger partial charge on any atom is -0.379 e. The molecule has 0 unspecified atom stereocenters. The first-order chi connectivity index (χ1) is 15.3. The zero-order valence-electron chi connectivity index (χ0n) is 16.7. The second-order valence-corrected chi connectivity index (χ2v) is 9.35. The molecule has 0 bridgehead atoms. The smallest absolute Gasteiger partial charge is 0.264 e. The van der Waals surface area contributed by atoms with Crippen molar-refractivity contribution in [1.82, 2.24) is 14.3 Å². The Morgan fingerprint density at radius 2 is 1.72 bits per heavy atom. The van der Waals surface area contributed by atoms with Crippen LogP contribution in [0.15, 0.2) is 64.4 Å². The van der Waals surface area contributed by atoms with Crippen LogP contribution in [0.4, 0.5) is 5.69 Å². The molecule has 1 aliphatic rings. The van der Waals surface area contributed by atoms with E-state index in [0.717, 1.165) is 0 Å². The van der Waals surface area contributed by atoms with Crippen LogP contribution in [-0.2, 0) is 14.8 Å². The number of carbonyl (C=O) groups is 1. The van der Waals surface area contributed by atoms with E-state index in [2.05, 4.69) is 15.3 Å². The summed E-state index contributed by atoms with van der Waals surface area (Å²) in [7, 11) is -3.63. The highest BCUT2D eigenvalue weighted by atomic mass is 35.5. The third-order valence-corrected chi connectivity index (χ3v) is 7.05. The zero-order valence-corrected chi connectivity index (χ0v) is 18.3. The van der Waals surface area contributed by atoms with Gasteiger partial charge in [-0.3, -0.25) is 9.59 Å². The molecule has 1 fully saturated rings. The quantitative estimate of drug-likeness (QED) is 0.585. The van der Waals surface area contributed by atoms with Gasteiger partial charge in [-0.2, -0.15) is 4.31 Å². The van der Waals surface area contributed by atoms with Crippen LogP contribution >= 0.6 is 11.6 Å². The highest BCUT2D eigenvalue weighted by Crippen LogP contribution is 2.20. The summed E-state index contributed by atoms with van der Waals surface area (Å²) in [6.45, 7) is 1.30. The first-order valence-corrected chi connectivity index (χ1v) is 11.5. The Morgan fingerprint density at radius 1 is 1.06 bits per heavy atom. The van der Waals surface area contributed by atoms with Crippen molar-refractivity contribution < 1.29 is 17.9 Å². The van der Waals surface area contributed by atoms with Gasteiger partial charge in [-0.15, -0.1) is 0 Å². The first kappa shape index (κ1) is 22.2. The molecule has 0 atom stereocenters. The number of carbonyl (C=O) groups excluding carboxylic acids is 1. The number of aromatic nitrogens is 2. The molecule has 2 aromatic carbocycles. The fraction of sp³-hybridized carbons (Fsp3) is 0.190. The maximum absolute atomic E-state index is 12.7. The van der Waals surface area contributed by atoms with Crippen molar-refractivity contribution in [2.45, 2.75) is 4.90 Å². The van der Waals surface area contributed by atoms with Gasteiger partial charge in [-0.25, -0.2) is 13.4 Å². The van der Waals surface area contributed by atoms with Crippen molar-refractivity contribution in [2.24, 2.45) is 0 Å². The summed E-state index contributed by atoms with van der Waals surface area (Å²) in [5, 5.41) is 3.13. The van der Waals surface area contributed by atoms with Crippen LogP contribution in [0.2, 0.25) is 5.02 Å². The normalized spacial score (nSPS) is 14.8. The Labute approximate surface area is 189 Å². The lowest BCUT2D eigenvalue weighted by atomic mass is 10.2. The lowest BCUT2D eigenvalue weighted by molar-refractivity contribution is 0.0730. The van der Waals surface area contributed by atoms with Gasteiger partial charge in [0.25, 0.3) is 11.5 Å². The zero-order chi connectivity index (χ0) is 22.7. The maximum atomic E-state index is 12.7. The van der Waals surface area contributed by atoms with E-state index in [9.17, 15) is 18.0 Å². The molecular formula is C21H19ClN4O5S. The minimum absolute atomic E-state index is 0.115. The van der Waals surface area contributed by atoms with Gasteiger partial charge in [-0.05, 0) is 48.5 Å². The highest BCUT2D eigenvalue weighted by molar-refractivity contribution is 7.89. The average molecular weight is 475 g/mol. The van der Waals surface area contributed by atoms with Crippen LogP contribution < -0.4 is 10.9 Å². The Hall–Kier alpha value is -3.05. The van der Waals surface area contributed by atoms with Gasteiger partial charge in [-0.1, -0.05) is 11.6 Å². The monoisotopic (exact) mass is 474 g/mol. The maximum Gasteiger partial charge on any atom is 0.264 e. The Kier molecular flexibility index (Phi) is 6.38. The van der Waals surface area contributed by atoms with Gasteiger partial charge in [0.05, 0.1) is 18.1 Å². The lowest BCUT2D eigenvalue weighted by Crippen LogP contribution is -2.40. The van der Waals surface area contributed by atoms with Crippen molar-refractivity contribution in [3.05, 3.63) is 75.7 Å². The molecule has 0 spiro atoms. The van der Waals surface area contributed by atoms with Crippen molar-refractivity contribution in [1.29, 1.82) is 0 Å². The van der Waals surface area contributed by atoms with Crippen LogP contribution in [0.3, 0.4) is 0 Å². The number of hydrogen-bond donors (Lipinski definition) is 2. The Balaban J connectivity index is 1.48. The lowest BCUT2D eigenvalue weighted by Gasteiger charge is -2.26. The van der Waals surface area contributed by atoms with Crippen LogP contribution in [0.25, 0.3) is 11.4 Å². The highest BCUT2D eigenvalue weighted by Gasteiger charge is 2.26. The number of H-pyrrole nitrogens is 1. The van der Waals surface area contributed by atoms with E-state index in [0.29, 0.717) is 48.4 Å². The second-order valence-electron chi connectivity index (χ2n) is 6.98. The van der Waals surface area contributed by atoms with Gasteiger partial charge < -0.3 is 15.0 Å². The number of aromatic amines is 1. The number of halogens is 1. The van der Waals surface area contributed by atoms with E-state index < -0.39 is 21.5 Å². The van der Waals surface area contributed by atoms with Crippen molar-refractivity contribution in [3.63, 3.8) is 0 Å². The predicted molar refractivity (Wildman–Crippen MR) is 119 cm³/mol. The number of nitrogens with zero attached hydrogens (tertiary/aromatic N) is 2. The van der Waals surface area contributed by atoms with Gasteiger partial charge >= 0.3 is 0 Å². The van der Waals surface area contributed by atoms with Crippen molar-refractivity contribution in [3.8, 4) is 11.4 Å². The summed E-state index contributed by atoms with van der Waals surface area (Å²) in [5.41, 5.74) is 0.217. The Bertz CT molecular complexity index is 1290. The topological polar surface area (TPSA) is 121 Å². The standard InChI is InChI=1S/C21H19ClN4O5S/c22-15-3-1-14(2-4-15)19-23-13-18(21(28)25-19)20(27)24-16-5-7-17(8-6-16)32(29,30)26-9-11-31-12-10-26/h1-8,13H,9-12H2,(H,24,27)(H,23,25,28). The third-order valence-electron chi connectivity index (χ3n) is 4.88. The molecule has 0 saturated carbocycles. The number of sulfonamides is 1. The van der Waals surface area contributed by atoms with Crippen molar-refractivity contribution in [2.75, 3.05) is 31.6 Å². The summed E-state index contributed by atoms with van der Waals surface area (Å²) in [4.78, 5) is 31.8. The number of amides is 1. The minimum atomic E-state index is -3.63. The molecule has 9 nitrogen and oxygen atoms in total. The molecule has 11 heteroatoms. The average Bonchev–Trinajstić information content (AvgIpc) is 2.80. The van der Waals surface area contributed by atoms with Gasteiger partial charge in [0, 0.05) is 35.6 Å². The summed E-state index contributed by atoms with van der Waals surface area (Å²) in [6.07, 6.45) is 1.19. The predicted octanol–water partition coefficient (Wildman–Crippen LogP) is 2.36. The number of anilines is 1. The van der Waals surface area contributed by atoms with Crippen LogP contribution in [0.1, 0.15) is 10.4 Å². The van der Waals surface area contributed by atoms with E-state index in [1.807, 2.05) is 0 Å². The van der Waals surface area contributed by atoms with E-state index in [1.165, 1.54) is 34.8 Å². The van der Waals surface area contributed by atoms with Crippen molar-refractivity contribution >= 4 is 33.2 Å². The molecular weight excluding hydrogens is 456 g/mol. The molecule has 2 N–H and O–H groups in total. The largest absolute Gasteiger partial charge is 0.379 e. The molecule has 32 heavy (non-hydrogen) atoms. The number of morpholine rings is 1. The second kappa shape index (κ2) is 9.21. The molecule has 1 aromatic heterocycles. The van der Waals surface area contributed by atoms with Crippen LogP contribution in [0, 0.1) is 0 Å². The van der Waals surface area contributed by atoms with E-state index >= 15 is 0 Å². The van der Waals surface area contributed by atoms with Gasteiger partial charge in [0.1, 0.15) is 11.4 Å². The molecule has 1 aliphatic heterocycles. The number of rotatable bonds is 5. The summed E-state index contributed by atoms with van der Waals surface area (Å²) >= 11 is 5.86. The van der Waals surface area contributed by atoms with Crippen LogP contribution in [-0.4, -0.2) is 54.9 Å². The number of hydrogen-bond acceptors (Lipinski definition) is 6. The fourth-order valence-corrected chi connectivity index (χ4v) is 4.69. The van der Waals surface area contributed by atoms with Gasteiger partial charge in [0.15, 0.2) is 0 Å². The Morgan fingerprint density at radius 3 is 2.34 bits per heavy atom. The summed E-state index contributed by atoms with van der Waals surface area (Å²) < 4.78 is 31.9. The third kappa shape index (κ3) is 4.73. The molecule has 1 saturated heterocycles. The fourth-order valence-electron chi connectivity index (χ4n) is 3.16. The number of nitrogens with one attached hydrogen (secondary N) is 2. The first-order valence-electron chi connectivity index (χ1n) is 9.69. The van der Waals surface area contributed by atoms with Gasteiger partial charge in [0.2, 0.25) is 10.0 Å². The summed E-state index contributed by atoms with van der Waals surface area (Å²) in [6, 6.07) is 12.5. The van der Waals surface area contributed by atoms with Crippen LogP contribution in [0.5, 0.6) is 0 Å². The molecule has 4 rings (SSSR count). The van der Waals surface area contributed by atoms with E-state index in [1.54, 1.807) is 24.3 Å². The SMILES string of the molecule is O=C(Nc1ccc(S(=O)(=O)N2CCOCC2)cc1)c1cnc(-c2ccc(Cl)cc2)[nH]c1=O. The molecule has 2 heterocycles. The number of benzene rings is 2. The van der Waals surface area contributed by atoms with E-state index in [-0.39, 0.29) is 10.5 Å². The molecule has 0 radical (unpaired) electrons. The number of ether oxygens (including phenoxy) is 1. The van der Waals surface area contributed by atoms with E-state index in [4.69, 9.17) is 16.3 Å². The molecule has 166 valence electrons. The molecule has 3 aromatic rings. The molecule has 0 aliphatic carbocycles. The summed E-state index contributed by atoms with van der Waals surface area (Å²) in [5.74, 6) is -0.355. The molecule has 1 amide bonds.